The smallest absolute Gasteiger partial charge is 0.313 e. The van der Waals surface area contributed by atoms with Crippen molar-refractivity contribution in [3.63, 3.8) is 0 Å². The van der Waals surface area contributed by atoms with Gasteiger partial charge < -0.3 is 15.5 Å². The maximum absolute atomic E-state index is 13.9. The first-order valence-corrected chi connectivity index (χ1v) is 9.09. The summed E-state index contributed by atoms with van der Waals surface area (Å²) in [6, 6.07) is 12.0. The number of benzene rings is 2. The average Bonchev–Trinajstić information content (AvgIpc) is 2.69. The van der Waals surface area contributed by atoms with Gasteiger partial charge in [-0.25, -0.2) is 8.78 Å². The van der Waals surface area contributed by atoms with Gasteiger partial charge in [0.2, 0.25) is 0 Å². The van der Waals surface area contributed by atoms with Crippen LogP contribution in [0.25, 0.3) is 0 Å². The van der Waals surface area contributed by atoms with E-state index < -0.39 is 17.6 Å². The van der Waals surface area contributed by atoms with Gasteiger partial charge in [0.1, 0.15) is 11.6 Å². The van der Waals surface area contributed by atoms with E-state index in [0.29, 0.717) is 31.9 Å². The molecule has 0 radical (unpaired) electrons. The summed E-state index contributed by atoms with van der Waals surface area (Å²) in [6.07, 6.45) is 0. The normalized spacial score (nSPS) is 14.6. The minimum atomic E-state index is -0.838. The van der Waals surface area contributed by atoms with Crippen molar-refractivity contribution in [2.24, 2.45) is 0 Å². The number of carbonyl (C=O) groups excluding carboxylic acids is 2. The van der Waals surface area contributed by atoms with Gasteiger partial charge in [-0.05, 0) is 30.3 Å². The van der Waals surface area contributed by atoms with Gasteiger partial charge in [-0.2, -0.15) is 0 Å². The first-order valence-electron chi connectivity index (χ1n) is 9.09. The molecular formula is C20H22F2N4O2. The van der Waals surface area contributed by atoms with E-state index in [9.17, 15) is 18.4 Å². The predicted octanol–water partition coefficient (Wildman–Crippen LogP) is 1.84. The summed E-state index contributed by atoms with van der Waals surface area (Å²) in [4.78, 5) is 27.8. The number of piperazine rings is 1. The van der Waals surface area contributed by atoms with Crippen molar-refractivity contribution in [1.29, 1.82) is 0 Å². The summed E-state index contributed by atoms with van der Waals surface area (Å²) >= 11 is 0. The third-order valence-corrected chi connectivity index (χ3v) is 4.57. The molecule has 6 nitrogen and oxygen atoms in total. The summed E-state index contributed by atoms with van der Waals surface area (Å²) in [7, 11) is 0. The van der Waals surface area contributed by atoms with E-state index in [-0.39, 0.29) is 11.5 Å². The lowest BCUT2D eigenvalue weighted by molar-refractivity contribution is -0.136. The number of nitrogens with zero attached hydrogens (tertiary/aromatic N) is 2. The number of hydrogen-bond acceptors (Lipinski definition) is 4. The lowest BCUT2D eigenvalue weighted by atomic mass is 10.2. The van der Waals surface area contributed by atoms with Gasteiger partial charge >= 0.3 is 11.8 Å². The first-order chi connectivity index (χ1) is 13.5. The summed E-state index contributed by atoms with van der Waals surface area (Å²) < 4.78 is 27.0. The Morgan fingerprint density at radius 2 is 1.68 bits per heavy atom. The molecule has 1 aliphatic heterocycles. The Balaban J connectivity index is 1.38. The van der Waals surface area contributed by atoms with Crippen LogP contribution in [0.5, 0.6) is 0 Å². The largest absolute Gasteiger partial charge is 0.367 e. The second-order valence-corrected chi connectivity index (χ2v) is 6.50. The highest BCUT2D eigenvalue weighted by Gasteiger charge is 2.19. The molecule has 0 bridgehead atoms. The number of para-hydroxylation sites is 1. The molecule has 0 unspecified atom stereocenters. The van der Waals surface area contributed by atoms with Crippen LogP contribution in [0.2, 0.25) is 0 Å². The van der Waals surface area contributed by atoms with E-state index in [2.05, 4.69) is 15.5 Å². The maximum Gasteiger partial charge on any atom is 0.313 e. The van der Waals surface area contributed by atoms with Crippen molar-refractivity contribution in [2.45, 2.75) is 0 Å². The molecule has 1 fully saturated rings. The fourth-order valence-electron chi connectivity index (χ4n) is 3.08. The minimum Gasteiger partial charge on any atom is -0.367 e. The zero-order valence-corrected chi connectivity index (χ0v) is 15.3. The van der Waals surface area contributed by atoms with Gasteiger partial charge in [0.15, 0.2) is 0 Å². The molecule has 0 saturated carbocycles. The molecule has 1 saturated heterocycles. The standard InChI is InChI=1S/C20H22F2N4O2/c21-15-4-3-5-16(14-15)24-20(28)19(27)23-8-9-25-10-12-26(13-11-25)18-7-2-1-6-17(18)22/h1-7,14H,8-13H2,(H,23,27)(H,24,28). The van der Waals surface area contributed by atoms with Crippen LogP contribution < -0.4 is 15.5 Å². The zero-order valence-electron chi connectivity index (χ0n) is 15.3. The van der Waals surface area contributed by atoms with Crippen LogP contribution in [-0.2, 0) is 9.59 Å². The van der Waals surface area contributed by atoms with Gasteiger partial charge in [0.05, 0.1) is 5.69 Å². The third kappa shape index (κ3) is 5.26. The van der Waals surface area contributed by atoms with Crippen LogP contribution in [0.1, 0.15) is 0 Å². The monoisotopic (exact) mass is 388 g/mol. The van der Waals surface area contributed by atoms with E-state index in [1.165, 1.54) is 24.3 Å². The Bertz CT molecular complexity index is 838. The van der Waals surface area contributed by atoms with Crippen molar-refractivity contribution in [2.75, 3.05) is 49.5 Å². The Morgan fingerprint density at radius 1 is 0.929 bits per heavy atom. The highest BCUT2D eigenvalue weighted by molar-refractivity contribution is 6.39. The van der Waals surface area contributed by atoms with Gasteiger partial charge in [0.25, 0.3) is 0 Å². The van der Waals surface area contributed by atoms with Crippen LogP contribution in [0, 0.1) is 11.6 Å². The van der Waals surface area contributed by atoms with Crippen molar-refractivity contribution in [1.82, 2.24) is 10.2 Å². The molecular weight excluding hydrogens is 366 g/mol. The quantitative estimate of drug-likeness (QED) is 0.768. The number of halogens is 2. The maximum atomic E-state index is 13.9. The van der Waals surface area contributed by atoms with Gasteiger partial charge in [-0.3, -0.25) is 14.5 Å². The lowest BCUT2D eigenvalue weighted by Crippen LogP contribution is -2.49. The van der Waals surface area contributed by atoms with Gasteiger partial charge in [-0.1, -0.05) is 18.2 Å². The van der Waals surface area contributed by atoms with Crippen molar-refractivity contribution in [3.8, 4) is 0 Å². The molecule has 3 rings (SSSR count). The van der Waals surface area contributed by atoms with E-state index >= 15 is 0 Å². The molecule has 0 aliphatic carbocycles. The summed E-state index contributed by atoms with van der Waals surface area (Å²) in [5.74, 6) is -2.33. The van der Waals surface area contributed by atoms with Crippen molar-refractivity contribution >= 4 is 23.2 Å². The van der Waals surface area contributed by atoms with Crippen LogP contribution in [-0.4, -0.2) is 56.0 Å². The third-order valence-electron chi connectivity index (χ3n) is 4.57. The number of nitrogens with one attached hydrogen (secondary N) is 2. The fraction of sp³-hybridized carbons (Fsp3) is 0.300. The summed E-state index contributed by atoms with van der Waals surface area (Å²) in [6.45, 7) is 3.75. The van der Waals surface area contributed by atoms with E-state index in [0.717, 1.165) is 19.2 Å². The lowest BCUT2D eigenvalue weighted by Gasteiger charge is -2.36. The minimum absolute atomic E-state index is 0.226. The fourth-order valence-corrected chi connectivity index (χ4v) is 3.08. The molecule has 0 spiro atoms. The summed E-state index contributed by atoms with van der Waals surface area (Å²) in [5.41, 5.74) is 0.828. The molecule has 2 aromatic rings. The van der Waals surface area contributed by atoms with Crippen molar-refractivity contribution in [3.05, 3.63) is 60.2 Å². The predicted molar refractivity (Wildman–Crippen MR) is 103 cm³/mol. The Labute approximate surface area is 162 Å². The second-order valence-electron chi connectivity index (χ2n) is 6.50. The molecule has 2 amide bonds. The molecule has 1 heterocycles. The Kier molecular flexibility index (Phi) is 6.54. The second kappa shape index (κ2) is 9.27. The molecule has 148 valence electrons. The van der Waals surface area contributed by atoms with E-state index in [1.54, 1.807) is 12.1 Å². The Morgan fingerprint density at radius 3 is 2.39 bits per heavy atom. The number of amides is 2. The van der Waals surface area contributed by atoms with E-state index in [4.69, 9.17) is 0 Å². The van der Waals surface area contributed by atoms with Crippen LogP contribution in [0.3, 0.4) is 0 Å². The van der Waals surface area contributed by atoms with Gasteiger partial charge in [0, 0.05) is 45.0 Å². The van der Waals surface area contributed by atoms with Crippen molar-refractivity contribution < 1.29 is 18.4 Å². The van der Waals surface area contributed by atoms with Crippen LogP contribution in [0.4, 0.5) is 20.2 Å². The zero-order chi connectivity index (χ0) is 19.9. The molecule has 2 aromatic carbocycles. The topological polar surface area (TPSA) is 64.7 Å². The molecule has 0 atom stereocenters. The highest BCUT2D eigenvalue weighted by atomic mass is 19.1. The Hall–Kier alpha value is -3.00. The number of carbonyl (C=O) groups is 2. The van der Waals surface area contributed by atoms with E-state index in [1.807, 2.05) is 11.0 Å². The van der Waals surface area contributed by atoms with Crippen LogP contribution >= 0.6 is 0 Å². The number of rotatable bonds is 5. The van der Waals surface area contributed by atoms with Crippen LogP contribution in [0.15, 0.2) is 48.5 Å². The molecule has 2 N–H and O–H groups in total. The number of anilines is 2. The number of hydrogen-bond donors (Lipinski definition) is 2. The molecule has 0 aromatic heterocycles. The molecule has 8 heteroatoms. The molecule has 28 heavy (non-hydrogen) atoms. The highest BCUT2D eigenvalue weighted by Crippen LogP contribution is 2.19. The summed E-state index contributed by atoms with van der Waals surface area (Å²) in [5, 5.41) is 4.91. The first kappa shape index (κ1) is 19.8. The van der Waals surface area contributed by atoms with Gasteiger partial charge in [-0.15, -0.1) is 0 Å². The molecule has 1 aliphatic rings. The average molecular weight is 388 g/mol. The SMILES string of the molecule is O=C(NCCN1CCN(c2ccccc2F)CC1)C(=O)Nc1cccc(F)c1.